The van der Waals surface area contributed by atoms with Crippen LogP contribution in [0.2, 0.25) is 0 Å². The molecule has 0 spiro atoms. The fraction of sp³-hybridized carbons (Fsp3) is 0.286. The normalized spacial score (nSPS) is 12.3. The van der Waals surface area contributed by atoms with Crippen molar-refractivity contribution in [3.05, 3.63) is 53.6 Å². The number of ether oxygens (including phenoxy) is 2. The summed E-state index contributed by atoms with van der Waals surface area (Å²) in [5.41, 5.74) is 2.39. The summed E-state index contributed by atoms with van der Waals surface area (Å²) in [4.78, 5) is 37.5. The molecule has 146 valence electrons. The van der Waals surface area contributed by atoms with E-state index in [9.17, 15) is 14.4 Å². The van der Waals surface area contributed by atoms with Gasteiger partial charge >= 0.3 is 0 Å². The smallest absolute Gasteiger partial charge is 0.258 e. The highest BCUT2D eigenvalue weighted by Crippen LogP contribution is 2.29. The maximum absolute atomic E-state index is 12.5. The molecule has 0 bridgehead atoms. The van der Waals surface area contributed by atoms with E-state index in [2.05, 4.69) is 5.32 Å². The molecule has 1 N–H and O–H groups in total. The third-order valence-electron chi connectivity index (χ3n) is 4.55. The number of rotatable bonds is 7. The first-order valence-electron chi connectivity index (χ1n) is 8.95. The van der Waals surface area contributed by atoms with Crippen LogP contribution in [-0.2, 0) is 16.0 Å². The van der Waals surface area contributed by atoms with Crippen molar-refractivity contribution < 1.29 is 23.9 Å². The Morgan fingerprint density at radius 2 is 1.79 bits per heavy atom. The molecule has 2 aromatic carbocycles. The number of fused-ring (bicyclic) bond motifs is 1. The van der Waals surface area contributed by atoms with Gasteiger partial charge in [0.25, 0.3) is 5.91 Å². The lowest BCUT2D eigenvalue weighted by Gasteiger charge is -2.18. The van der Waals surface area contributed by atoms with Crippen molar-refractivity contribution in [2.75, 3.05) is 31.7 Å². The summed E-state index contributed by atoms with van der Waals surface area (Å²) in [5, 5.41) is 2.58. The number of carbonyl (C=O) groups excluding carboxylic acids is 3. The van der Waals surface area contributed by atoms with E-state index in [0.717, 1.165) is 11.3 Å². The second kappa shape index (κ2) is 8.56. The minimum absolute atomic E-state index is 0.00306. The Morgan fingerprint density at radius 3 is 2.46 bits per heavy atom. The second-order valence-corrected chi connectivity index (χ2v) is 6.44. The van der Waals surface area contributed by atoms with E-state index in [1.165, 1.54) is 6.92 Å². The first-order chi connectivity index (χ1) is 13.5. The number of methoxy groups -OCH3 is 1. The third kappa shape index (κ3) is 4.49. The zero-order valence-corrected chi connectivity index (χ0v) is 15.9. The van der Waals surface area contributed by atoms with Crippen LogP contribution in [0.4, 0.5) is 5.69 Å². The number of nitrogens with one attached hydrogen (secondary N) is 1. The molecule has 0 saturated heterocycles. The highest BCUT2D eigenvalue weighted by molar-refractivity contribution is 6.00. The summed E-state index contributed by atoms with van der Waals surface area (Å²) in [6.45, 7) is 1.76. The molecule has 7 heteroatoms. The maximum Gasteiger partial charge on any atom is 0.258 e. The van der Waals surface area contributed by atoms with Crippen molar-refractivity contribution in [1.29, 1.82) is 0 Å². The summed E-state index contributed by atoms with van der Waals surface area (Å²) < 4.78 is 10.5. The average Bonchev–Trinajstić information content (AvgIpc) is 3.14. The predicted molar refractivity (Wildman–Crippen MR) is 104 cm³/mol. The number of carbonyl (C=O) groups is 3. The van der Waals surface area contributed by atoms with Crippen molar-refractivity contribution in [1.82, 2.24) is 5.32 Å². The Labute approximate surface area is 163 Å². The zero-order valence-electron chi connectivity index (χ0n) is 15.9. The monoisotopic (exact) mass is 382 g/mol. The van der Waals surface area contributed by atoms with Crippen molar-refractivity contribution >= 4 is 23.3 Å². The summed E-state index contributed by atoms with van der Waals surface area (Å²) in [5.74, 6) is 0.653. The molecule has 0 atom stereocenters. The number of nitrogens with zero attached hydrogens (tertiary/aromatic N) is 1. The Morgan fingerprint density at radius 1 is 1.07 bits per heavy atom. The first-order valence-corrected chi connectivity index (χ1v) is 8.95. The standard InChI is InChI=1S/C21H22N2O5/c1-14(24)15-3-8-19-16(11-15)9-10-23(19)21(26)12-22-20(25)13-28-18-6-4-17(27-2)5-7-18/h3-8,11H,9-10,12-13H2,1-2H3,(H,22,25). The van der Waals surface area contributed by atoms with Crippen LogP contribution >= 0.6 is 0 Å². The molecule has 28 heavy (non-hydrogen) atoms. The van der Waals surface area contributed by atoms with Crippen molar-refractivity contribution in [2.24, 2.45) is 0 Å². The Kier molecular flexibility index (Phi) is 5.93. The molecule has 0 saturated carbocycles. The lowest BCUT2D eigenvalue weighted by atomic mass is 10.1. The second-order valence-electron chi connectivity index (χ2n) is 6.44. The van der Waals surface area contributed by atoms with Gasteiger partial charge in [-0.15, -0.1) is 0 Å². The molecule has 2 aromatic rings. The Bertz CT molecular complexity index is 892. The highest BCUT2D eigenvalue weighted by Gasteiger charge is 2.25. The molecule has 0 aromatic heterocycles. The van der Waals surface area contributed by atoms with E-state index in [0.29, 0.717) is 30.0 Å². The van der Waals surface area contributed by atoms with E-state index < -0.39 is 0 Å². The fourth-order valence-corrected chi connectivity index (χ4v) is 3.02. The Hall–Kier alpha value is -3.35. The minimum atomic E-state index is -0.379. The zero-order chi connectivity index (χ0) is 20.1. The molecule has 3 rings (SSSR count). The summed E-state index contributed by atoms with van der Waals surface area (Å²) in [7, 11) is 1.57. The van der Waals surface area contributed by atoms with E-state index >= 15 is 0 Å². The molecule has 7 nitrogen and oxygen atoms in total. The minimum Gasteiger partial charge on any atom is -0.497 e. The molecule has 0 radical (unpaired) electrons. The Balaban J connectivity index is 1.49. The van der Waals surface area contributed by atoms with Crippen LogP contribution in [0.3, 0.4) is 0 Å². The molecule has 0 aliphatic carbocycles. The highest BCUT2D eigenvalue weighted by atomic mass is 16.5. The van der Waals surface area contributed by atoms with Crippen molar-refractivity contribution in [3.8, 4) is 11.5 Å². The molecule has 2 amide bonds. The van der Waals surface area contributed by atoms with Gasteiger partial charge in [-0.25, -0.2) is 0 Å². The van der Waals surface area contributed by atoms with Gasteiger partial charge in [0, 0.05) is 17.8 Å². The number of hydrogen-bond donors (Lipinski definition) is 1. The van der Waals surface area contributed by atoms with Gasteiger partial charge in [0.15, 0.2) is 12.4 Å². The van der Waals surface area contributed by atoms with E-state index in [-0.39, 0.29) is 30.7 Å². The number of amides is 2. The molecule has 0 unspecified atom stereocenters. The first kappa shape index (κ1) is 19.4. The third-order valence-corrected chi connectivity index (χ3v) is 4.55. The molecule has 1 aliphatic heterocycles. The van der Waals surface area contributed by atoms with Gasteiger partial charge in [0.1, 0.15) is 11.5 Å². The van der Waals surface area contributed by atoms with Crippen molar-refractivity contribution in [3.63, 3.8) is 0 Å². The van der Waals surface area contributed by atoms with Gasteiger partial charge in [0.05, 0.1) is 13.7 Å². The predicted octanol–water partition coefficient (Wildman–Crippen LogP) is 1.98. The van der Waals surface area contributed by atoms with Gasteiger partial charge in [-0.3, -0.25) is 14.4 Å². The lowest BCUT2D eigenvalue weighted by molar-refractivity contribution is -0.126. The number of Topliss-reactive ketones (excluding diaryl/α,β-unsaturated/α-hetero) is 1. The fourth-order valence-electron chi connectivity index (χ4n) is 3.02. The summed E-state index contributed by atoms with van der Waals surface area (Å²) >= 11 is 0. The SMILES string of the molecule is COc1ccc(OCC(=O)NCC(=O)N2CCc3cc(C(C)=O)ccc32)cc1. The van der Waals surface area contributed by atoms with E-state index in [4.69, 9.17) is 9.47 Å². The molecule has 1 aliphatic rings. The van der Waals surface area contributed by atoms with Crippen LogP contribution < -0.4 is 19.7 Å². The van der Waals surface area contributed by atoms with Crippen LogP contribution in [0.5, 0.6) is 11.5 Å². The summed E-state index contributed by atoms with van der Waals surface area (Å²) in [6, 6.07) is 12.2. The molecular weight excluding hydrogens is 360 g/mol. The lowest BCUT2D eigenvalue weighted by Crippen LogP contribution is -2.40. The molecule has 1 heterocycles. The average molecular weight is 382 g/mol. The quantitative estimate of drug-likeness (QED) is 0.740. The number of ketones is 1. The van der Waals surface area contributed by atoms with Crippen LogP contribution in [0.15, 0.2) is 42.5 Å². The number of benzene rings is 2. The van der Waals surface area contributed by atoms with Gasteiger partial charge < -0.3 is 19.7 Å². The topological polar surface area (TPSA) is 84.9 Å². The number of anilines is 1. The van der Waals surface area contributed by atoms with Crippen LogP contribution in [0.1, 0.15) is 22.8 Å². The van der Waals surface area contributed by atoms with Crippen LogP contribution in [0.25, 0.3) is 0 Å². The van der Waals surface area contributed by atoms with Crippen LogP contribution in [-0.4, -0.2) is 44.4 Å². The maximum atomic E-state index is 12.5. The number of hydrogen-bond acceptors (Lipinski definition) is 5. The molecular formula is C21H22N2O5. The van der Waals surface area contributed by atoms with E-state index in [1.807, 2.05) is 6.07 Å². The van der Waals surface area contributed by atoms with Crippen LogP contribution in [0, 0.1) is 0 Å². The van der Waals surface area contributed by atoms with Gasteiger partial charge in [-0.05, 0) is 61.4 Å². The summed E-state index contributed by atoms with van der Waals surface area (Å²) in [6.07, 6.45) is 0.691. The van der Waals surface area contributed by atoms with Crippen molar-refractivity contribution in [2.45, 2.75) is 13.3 Å². The van der Waals surface area contributed by atoms with Gasteiger partial charge in [-0.1, -0.05) is 0 Å². The molecule has 0 fully saturated rings. The van der Waals surface area contributed by atoms with E-state index in [1.54, 1.807) is 48.4 Å². The largest absolute Gasteiger partial charge is 0.497 e. The van der Waals surface area contributed by atoms with Gasteiger partial charge in [0.2, 0.25) is 5.91 Å². The van der Waals surface area contributed by atoms with Gasteiger partial charge in [-0.2, -0.15) is 0 Å².